The molecule has 0 aliphatic carbocycles. The zero-order valence-corrected chi connectivity index (χ0v) is 30.7. The number of amides is 1. The molecule has 0 saturated carbocycles. The van der Waals surface area contributed by atoms with Gasteiger partial charge in [-0.2, -0.15) is 10.5 Å². The van der Waals surface area contributed by atoms with Gasteiger partial charge >= 0.3 is 29.1 Å². The van der Waals surface area contributed by atoms with Gasteiger partial charge in [0.15, 0.2) is 0 Å². The van der Waals surface area contributed by atoms with Gasteiger partial charge < -0.3 is 21.7 Å². The first kappa shape index (κ1) is 40.7. The maximum atomic E-state index is 12.1. The Bertz CT molecular complexity index is 1790. The number of rotatable bonds is 3. The standard InChI is InChI=1S/C20H15ClN2O2.C7H3BrClN.C7H3ClN.BrH.Mg/c21-18-6-7-19(17(12-18)13-22)16-8-10-23(11-9-16)20(24)25-14-15-4-2-1-3-5-15;8-7-2-1-6(9)3-5(7)4-10;8-7-3-1-2-6(4-7)5-9;;/h1-12,16H,14H2;1-3H;1,3-4H;1H;/q;;-1;;+2/p-1. The van der Waals surface area contributed by atoms with Crippen molar-refractivity contribution in [3.63, 3.8) is 0 Å². The smallest absolute Gasteiger partial charge is 1.00 e. The van der Waals surface area contributed by atoms with Gasteiger partial charge in [-0.1, -0.05) is 77.3 Å². The predicted octanol–water partition coefficient (Wildman–Crippen LogP) is 6.58. The summed E-state index contributed by atoms with van der Waals surface area (Å²) in [6.45, 7) is 0.219. The van der Waals surface area contributed by atoms with Crippen molar-refractivity contribution < 1.29 is 26.5 Å². The van der Waals surface area contributed by atoms with E-state index in [1.165, 1.54) is 4.90 Å². The van der Waals surface area contributed by atoms with E-state index in [9.17, 15) is 10.1 Å². The molecule has 0 saturated heterocycles. The number of carbonyl (C=O) groups is 1. The van der Waals surface area contributed by atoms with Gasteiger partial charge in [0.1, 0.15) is 12.7 Å². The molecule has 6 nitrogen and oxygen atoms in total. The summed E-state index contributed by atoms with van der Waals surface area (Å²) >= 11 is 20.3. The number of benzene rings is 4. The third kappa shape index (κ3) is 13.2. The average molecular weight is 808 g/mol. The Balaban J connectivity index is 0.000000416. The topological polar surface area (TPSA) is 101 Å². The molecular formula is C34H21Br2Cl3MgN4O2. The van der Waals surface area contributed by atoms with E-state index in [0.717, 1.165) is 15.6 Å². The van der Waals surface area contributed by atoms with E-state index >= 15 is 0 Å². The second-order valence-corrected chi connectivity index (χ2v) is 10.9. The molecule has 0 N–H and O–H groups in total. The van der Waals surface area contributed by atoms with Crippen LogP contribution < -0.4 is 17.0 Å². The molecule has 1 aliphatic heterocycles. The molecule has 1 amide bonds. The van der Waals surface area contributed by atoms with E-state index in [2.05, 4.69) is 28.1 Å². The van der Waals surface area contributed by atoms with Crippen LogP contribution in [0.2, 0.25) is 15.1 Å². The molecular weight excluding hydrogens is 787 g/mol. The predicted molar refractivity (Wildman–Crippen MR) is 180 cm³/mol. The first-order chi connectivity index (χ1) is 21.2. The Labute approximate surface area is 318 Å². The molecule has 0 aromatic heterocycles. The fourth-order valence-electron chi connectivity index (χ4n) is 3.61. The molecule has 0 unspecified atom stereocenters. The van der Waals surface area contributed by atoms with Crippen LogP contribution in [0.5, 0.6) is 0 Å². The summed E-state index contributed by atoms with van der Waals surface area (Å²) < 4.78 is 6.06. The van der Waals surface area contributed by atoms with Gasteiger partial charge in [-0.3, -0.25) is 10.2 Å². The van der Waals surface area contributed by atoms with Crippen molar-refractivity contribution in [3.8, 4) is 18.2 Å². The number of nitrogens with zero attached hydrogens (tertiary/aromatic N) is 4. The Morgan fingerprint density at radius 3 is 1.96 bits per heavy atom. The van der Waals surface area contributed by atoms with E-state index in [0.29, 0.717) is 31.8 Å². The Morgan fingerprint density at radius 2 is 1.41 bits per heavy atom. The summed E-state index contributed by atoms with van der Waals surface area (Å²) in [7, 11) is 0. The maximum absolute atomic E-state index is 12.1. The molecule has 4 aromatic carbocycles. The van der Waals surface area contributed by atoms with E-state index < -0.39 is 6.09 Å². The van der Waals surface area contributed by atoms with Gasteiger partial charge in [0, 0.05) is 32.8 Å². The van der Waals surface area contributed by atoms with Crippen LogP contribution in [0.15, 0.2) is 114 Å². The molecule has 0 fully saturated rings. The number of allylic oxidation sites excluding steroid dienone is 2. The van der Waals surface area contributed by atoms with Gasteiger partial charge in [0.2, 0.25) is 0 Å². The maximum Gasteiger partial charge on any atom is 2.00 e. The Hall–Kier alpha value is -3.30. The molecule has 1 aliphatic rings. The van der Waals surface area contributed by atoms with Crippen molar-refractivity contribution in [1.82, 2.24) is 4.90 Å². The SMILES string of the molecule is N#Cc1[c-]ccc(Cl)c1.N#Cc1cc(Cl)ccc1Br.N#Cc1cc(Cl)ccc1C1C=CN(C(=O)OCc2ccccc2)C=C1.[Br-].[Mg+2]. The summed E-state index contributed by atoms with van der Waals surface area (Å²) in [5.41, 5.74) is 3.33. The fourth-order valence-corrected chi connectivity index (χ4v) is 4.46. The number of halogens is 5. The molecule has 1 heterocycles. The van der Waals surface area contributed by atoms with Crippen molar-refractivity contribution in [2.45, 2.75) is 12.5 Å². The molecule has 46 heavy (non-hydrogen) atoms. The van der Waals surface area contributed by atoms with E-state index in [1.54, 1.807) is 60.9 Å². The van der Waals surface area contributed by atoms with Crippen LogP contribution >= 0.6 is 50.7 Å². The summed E-state index contributed by atoms with van der Waals surface area (Å²) in [6.07, 6.45) is 6.52. The van der Waals surface area contributed by atoms with Gasteiger partial charge in [-0.15, -0.1) is 35.9 Å². The largest absolute Gasteiger partial charge is 2.00 e. The third-order valence-corrected chi connectivity index (χ3v) is 7.15. The minimum Gasteiger partial charge on any atom is -1.00 e. The first-order valence-electron chi connectivity index (χ1n) is 12.7. The summed E-state index contributed by atoms with van der Waals surface area (Å²) in [4.78, 5) is 13.5. The molecule has 0 atom stereocenters. The summed E-state index contributed by atoms with van der Waals surface area (Å²) in [5.74, 6) is -0.0925. The molecule has 226 valence electrons. The summed E-state index contributed by atoms with van der Waals surface area (Å²) in [5, 5.41) is 27.8. The minimum absolute atomic E-state index is 0. The van der Waals surface area contributed by atoms with E-state index in [4.69, 9.17) is 50.1 Å². The van der Waals surface area contributed by atoms with Crippen molar-refractivity contribution in [1.29, 1.82) is 15.8 Å². The second-order valence-electron chi connectivity index (χ2n) is 8.77. The van der Waals surface area contributed by atoms with E-state index in [1.807, 2.05) is 60.7 Å². The molecule has 0 spiro atoms. The van der Waals surface area contributed by atoms with Gasteiger partial charge in [0.05, 0.1) is 17.2 Å². The van der Waals surface area contributed by atoms with Crippen molar-refractivity contribution >= 4 is 79.9 Å². The monoisotopic (exact) mass is 804 g/mol. The van der Waals surface area contributed by atoms with Gasteiger partial charge in [0.25, 0.3) is 0 Å². The number of ether oxygens (including phenoxy) is 1. The fraction of sp³-hybridized carbons (Fsp3) is 0.0588. The van der Waals surface area contributed by atoms with E-state index in [-0.39, 0.29) is 52.6 Å². The van der Waals surface area contributed by atoms with Crippen LogP contribution in [0, 0.1) is 40.1 Å². The number of carbonyl (C=O) groups excluding carboxylic acids is 1. The van der Waals surface area contributed by atoms with Crippen LogP contribution in [-0.2, 0) is 11.3 Å². The van der Waals surface area contributed by atoms with Crippen LogP contribution in [0.4, 0.5) is 4.79 Å². The first-order valence-corrected chi connectivity index (χ1v) is 14.6. The number of nitriles is 3. The summed E-state index contributed by atoms with van der Waals surface area (Å²) in [6, 6.07) is 33.5. The average Bonchev–Trinajstić information content (AvgIpc) is 3.05. The van der Waals surface area contributed by atoms with Crippen LogP contribution in [0.25, 0.3) is 0 Å². The van der Waals surface area contributed by atoms with Crippen molar-refractivity contribution in [3.05, 3.63) is 163 Å². The minimum atomic E-state index is -0.452. The molecule has 5 rings (SSSR count). The zero-order chi connectivity index (χ0) is 31.9. The zero-order valence-electron chi connectivity index (χ0n) is 23.9. The third-order valence-electron chi connectivity index (χ3n) is 5.75. The second kappa shape index (κ2) is 21.5. The normalized spacial score (nSPS) is 10.9. The van der Waals surface area contributed by atoms with Gasteiger partial charge in [-0.25, -0.2) is 4.79 Å². The quantitative estimate of drug-likeness (QED) is 0.172. The Morgan fingerprint density at radius 1 is 0.826 bits per heavy atom. The van der Waals surface area contributed by atoms with Crippen LogP contribution in [0.3, 0.4) is 0 Å². The Kier molecular flexibility index (Phi) is 19.0. The van der Waals surface area contributed by atoms with Gasteiger partial charge in [-0.05, 0) is 68.5 Å². The van der Waals surface area contributed by atoms with Crippen molar-refractivity contribution in [2.24, 2.45) is 0 Å². The van der Waals surface area contributed by atoms with Crippen molar-refractivity contribution in [2.75, 3.05) is 0 Å². The molecule has 4 aromatic rings. The molecule has 0 radical (unpaired) electrons. The molecule has 0 bridgehead atoms. The van der Waals surface area contributed by atoms with Crippen LogP contribution in [0.1, 0.15) is 33.7 Å². The molecule has 12 heteroatoms. The number of hydrogen-bond acceptors (Lipinski definition) is 5. The number of hydrogen-bond donors (Lipinski definition) is 0. The van der Waals surface area contributed by atoms with Crippen LogP contribution in [-0.4, -0.2) is 34.0 Å².